The fourth-order valence-electron chi connectivity index (χ4n) is 4.22. The molecule has 0 radical (unpaired) electrons. The smallest absolute Gasteiger partial charge is 0.260 e. The summed E-state index contributed by atoms with van der Waals surface area (Å²) in [4.78, 5) is 16.4. The summed E-state index contributed by atoms with van der Waals surface area (Å²) in [5.74, 6) is -4.42. The van der Waals surface area contributed by atoms with Crippen molar-refractivity contribution in [3.05, 3.63) is 53.6 Å². The van der Waals surface area contributed by atoms with Crippen molar-refractivity contribution in [2.45, 2.75) is 44.0 Å². The monoisotopic (exact) mass is 452 g/mol. The zero-order valence-corrected chi connectivity index (χ0v) is 17.4. The van der Waals surface area contributed by atoms with E-state index in [4.69, 9.17) is 4.74 Å². The number of aromatic nitrogens is 2. The molecule has 6 nitrogen and oxygen atoms in total. The van der Waals surface area contributed by atoms with Crippen molar-refractivity contribution in [1.29, 1.82) is 0 Å². The Labute approximate surface area is 183 Å². The van der Waals surface area contributed by atoms with Crippen LogP contribution >= 0.6 is 0 Å². The third-order valence-corrected chi connectivity index (χ3v) is 6.06. The minimum Gasteiger partial charge on any atom is -0.484 e. The Hall–Kier alpha value is -2.75. The van der Waals surface area contributed by atoms with Crippen LogP contribution in [-0.4, -0.2) is 63.9 Å². The van der Waals surface area contributed by atoms with Crippen LogP contribution in [-0.2, 0) is 11.3 Å². The van der Waals surface area contributed by atoms with Crippen LogP contribution in [0.25, 0.3) is 0 Å². The Morgan fingerprint density at radius 1 is 1.06 bits per heavy atom. The first kappa shape index (κ1) is 22.4. The second-order valence-electron chi connectivity index (χ2n) is 8.30. The van der Waals surface area contributed by atoms with E-state index in [1.807, 2.05) is 6.07 Å². The second kappa shape index (κ2) is 9.40. The van der Waals surface area contributed by atoms with Gasteiger partial charge in [0.1, 0.15) is 11.9 Å². The number of alkyl halides is 1. The molecular formula is C22H24F4N4O2. The minimum absolute atomic E-state index is 0.104. The number of carbonyl (C=O) groups excluding carboxylic acids is 1. The van der Waals surface area contributed by atoms with Gasteiger partial charge in [0.2, 0.25) is 0 Å². The molecule has 1 amide bonds. The van der Waals surface area contributed by atoms with E-state index in [0.717, 1.165) is 5.56 Å². The van der Waals surface area contributed by atoms with Crippen LogP contribution in [0.3, 0.4) is 0 Å². The van der Waals surface area contributed by atoms with E-state index in [1.54, 1.807) is 12.4 Å². The number of halogens is 4. The zero-order valence-electron chi connectivity index (χ0n) is 17.4. The van der Waals surface area contributed by atoms with Crippen molar-refractivity contribution in [3.8, 4) is 5.75 Å². The van der Waals surface area contributed by atoms with E-state index < -0.39 is 40.9 Å². The van der Waals surface area contributed by atoms with E-state index in [9.17, 15) is 18.0 Å². The van der Waals surface area contributed by atoms with Crippen LogP contribution in [0, 0.1) is 17.5 Å². The normalized spacial score (nSPS) is 19.7. The molecule has 1 aromatic carbocycles. The third-order valence-electron chi connectivity index (χ3n) is 6.06. The molecule has 1 aromatic heterocycles. The van der Waals surface area contributed by atoms with E-state index in [2.05, 4.69) is 15.1 Å². The molecule has 0 atom stereocenters. The molecule has 172 valence electrons. The van der Waals surface area contributed by atoms with Crippen molar-refractivity contribution in [1.82, 2.24) is 20.0 Å². The lowest BCUT2D eigenvalue weighted by molar-refractivity contribution is -0.149. The van der Waals surface area contributed by atoms with Crippen molar-refractivity contribution in [2.75, 3.05) is 26.2 Å². The van der Waals surface area contributed by atoms with Gasteiger partial charge < -0.3 is 9.64 Å². The number of piperidine rings is 2. The number of benzene rings is 1. The van der Waals surface area contributed by atoms with Crippen LogP contribution in [0.2, 0.25) is 0 Å². The molecule has 2 aliphatic rings. The summed E-state index contributed by atoms with van der Waals surface area (Å²) in [6.07, 6.45) is 3.55. The summed E-state index contributed by atoms with van der Waals surface area (Å²) < 4.78 is 61.5. The zero-order chi connectivity index (χ0) is 22.7. The van der Waals surface area contributed by atoms with Gasteiger partial charge in [0.05, 0.1) is 6.20 Å². The van der Waals surface area contributed by atoms with Crippen LogP contribution < -0.4 is 4.74 Å². The average molecular weight is 452 g/mol. The second-order valence-corrected chi connectivity index (χ2v) is 8.30. The van der Waals surface area contributed by atoms with E-state index >= 15 is 4.39 Å². The highest BCUT2D eigenvalue weighted by molar-refractivity contribution is 5.85. The summed E-state index contributed by atoms with van der Waals surface area (Å²) >= 11 is 0. The molecule has 3 heterocycles. The van der Waals surface area contributed by atoms with Gasteiger partial charge in [-0.1, -0.05) is 0 Å². The molecule has 4 rings (SSSR count). The predicted octanol–water partition coefficient (Wildman–Crippen LogP) is 3.27. The van der Waals surface area contributed by atoms with Crippen LogP contribution in [0.5, 0.6) is 5.75 Å². The molecule has 32 heavy (non-hydrogen) atoms. The largest absolute Gasteiger partial charge is 0.484 e. The van der Waals surface area contributed by atoms with Gasteiger partial charge in [-0.05, 0) is 11.6 Å². The highest BCUT2D eigenvalue weighted by Gasteiger charge is 2.44. The van der Waals surface area contributed by atoms with Gasteiger partial charge >= 0.3 is 0 Å². The molecule has 0 bridgehead atoms. The van der Waals surface area contributed by atoms with Gasteiger partial charge in [-0.25, -0.2) is 17.6 Å². The first-order valence-electron chi connectivity index (χ1n) is 10.6. The number of hydrogen-bond donors (Lipinski definition) is 0. The number of amides is 1. The van der Waals surface area contributed by atoms with Gasteiger partial charge in [0, 0.05) is 76.7 Å². The average Bonchev–Trinajstić information content (AvgIpc) is 2.78. The summed E-state index contributed by atoms with van der Waals surface area (Å²) in [6, 6.07) is 2.97. The fourth-order valence-corrected chi connectivity index (χ4v) is 4.22. The lowest BCUT2D eigenvalue weighted by Gasteiger charge is -2.40. The highest BCUT2D eigenvalue weighted by atomic mass is 19.2. The Morgan fingerprint density at radius 3 is 2.31 bits per heavy atom. The maximum atomic E-state index is 15.4. The summed E-state index contributed by atoms with van der Waals surface area (Å²) in [5.41, 5.74) is -0.940. The maximum absolute atomic E-state index is 15.4. The molecule has 0 unspecified atom stereocenters. The molecule has 2 saturated heterocycles. The van der Waals surface area contributed by atoms with Crippen molar-refractivity contribution < 1.29 is 27.1 Å². The Balaban J connectivity index is 1.28. The molecule has 0 aliphatic carbocycles. The van der Waals surface area contributed by atoms with Crippen molar-refractivity contribution >= 4 is 5.91 Å². The molecule has 0 spiro atoms. The van der Waals surface area contributed by atoms with Gasteiger partial charge in [0.25, 0.3) is 5.91 Å². The molecule has 2 fully saturated rings. The number of carbonyl (C=O) groups is 1. The Morgan fingerprint density at radius 2 is 1.72 bits per heavy atom. The molecule has 2 aromatic rings. The third kappa shape index (κ3) is 5.01. The summed E-state index contributed by atoms with van der Waals surface area (Å²) in [7, 11) is 0. The van der Waals surface area contributed by atoms with Gasteiger partial charge in [-0.2, -0.15) is 10.2 Å². The molecule has 0 saturated carbocycles. The first-order chi connectivity index (χ1) is 15.3. The standard InChI is InChI=1S/C22H24F4N4O2/c23-16-11-18(24)20(19(25)12-16)32-17-2-7-30(8-3-17)21(31)22(26)4-9-29(10-5-22)14-15-1-6-27-28-13-15/h1,6,11-13,17H,2-5,7-10,14H2. The Bertz CT molecular complexity index is 923. The van der Waals surface area contributed by atoms with Crippen LogP contribution in [0.1, 0.15) is 31.2 Å². The molecular weight excluding hydrogens is 428 g/mol. The minimum atomic E-state index is -1.92. The van der Waals surface area contributed by atoms with Crippen molar-refractivity contribution in [2.24, 2.45) is 0 Å². The molecule has 0 N–H and O–H groups in total. The summed E-state index contributed by atoms with van der Waals surface area (Å²) in [5, 5.41) is 7.57. The number of ether oxygens (including phenoxy) is 1. The summed E-state index contributed by atoms with van der Waals surface area (Å²) in [6.45, 7) is 1.98. The lowest BCUT2D eigenvalue weighted by Crippen LogP contribution is -2.54. The number of hydrogen-bond acceptors (Lipinski definition) is 5. The van der Waals surface area contributed by atoms with Crippen LogP contribution in [0.4, 0.5) is 17.6 Å². The fraction of sp³-hybridized carbons (Fsp3) is 0.500. The Kier molecular flexibility index (Phi) is 6.59. The quantitative estimate of drug-likeness (QED) is 0.652. The van der Waals surface area contributed by atoms with Gasteiger partial charge in [-0.3, -0.25) is 9.69 Å². The lowest BCUT2D eigenvalue weighted by atomic mass is 9.90. The van der Waals surface area contributed by atoms with E-state index in [1.165, 1.54) is 4.90 Å². The van der Waals surface area contributed by atoms with Crippen molar-refractivity contribution in [3.63, 3.8) is 0 Å². The number of nitrogens with zero attached hydrogens (tertiary/aromatic N) is 4. The maximum Gasteiger partial charge on any atom is 0.260 e. The van der Waals surface area contributed by atoms with E-state index in [-0.39, 0.29) is 25.9 Å². The van der Waals surface area contributed by atoms with Gasteiger partial charge in [-0.15, -0.1) is 0 Å². The number of likely N-dealkylation sites (tertiary alicyclic amines) is 2. The predicted molar refractivity (Wildman–Crippen MR) is 107 cm³/mol. The number of rotatable bonds is 5. The van der Waals surface area contributed by atoms with Crippen LogP contribution in [0.15, 0.2) is 30.6 Å². The molecule has 2 aliphatic heterocycles. The van der Waals surface area contributed by atoms with Gasteiger partial charge in [0.15, 0.2) is 23.1 Å². The first-order valence-corrected chi connectivity index (χ1v) is 10.6. The SMILES string of the molecule is O=C(N1CCC(Oc2c(F)cc(F)cc2F)CC1)C1(F)CCN(Cc2ccnnc2)CC1. The topological polar surface area (TPSA) is 58.6 Å². The van der Waals surface area contributed by atoms with E-state index in [0.29, 0.717) is 44.6 Å². The highest BCUT2D eigenvalue weighted by Crippen LogP contribution is 2.32. The molecule has 10 heteroatoms.